The summed E-state index contributed by atoms with van der Waals surface area (Å²) in [5.41, 5.74) is 1.51. The van der Waals surface area contributed by atoms with Crippen LogP contribution in [0.5, 0.6) is 5.75 Å². The molecule has 0 atom stereocenters. The average molecular weight is 524 g/mol. The van der Waals surface area contributed by atoms with Gasteiger partial charge in [-0.2, -0.15) is 0 Å². The Bertz CT molecular complexity index is 1120. The van der Waals surface area contributed by atoms with E-state index in [1.807, 2.05) is 13.0 Å². The molecule has 0 bridgehead atoms. The maximum absolute atomic E-state index is 13.3. The number of rotatable bonds is 8. The number of aromatic nitrogens is 1. The average Bonchev–Trinajstić information content (AvgIpc) is 3.19. The first-order valence-electron chi connectivity index (χ1n) is 12.3. The van der Waals surface area contributed by atoms with Crippen LogP contribution in [0.4, 0.5) is 5.13 Å². The molecule has 4 rings (SSSR count). The minimum Gasteiger partial charge on any atom is -0.495 e. The largest absolute Gasteiger partial charge is 0.495 e. The van der Waals surface area contributed by atoms with E-state index in [1.54, 1.807) is 12.1 Å². The summed E-state index contributed by atoms with van der Waals surface area (Å²) in [5.74, 6) is 0.798. The molecule has 0 spiro atoms. The Morgan fingerprint density at radius 1 is 1.14 bits per heavy atom. The summed E-state index contributed by atoms with van der Waals surface area (Å²) in [6, 6.07) is 5.06. The van der Waals surface area contributed by atoms with Crippen molar-refractivity contribution in [3.8, 4) is 16.2 Å². The summed E-state index contributed by atoms with van der Waals surface area (Å²) in [4.78, 5) is 5.80. The highest BCUT2D eigenvalue weighted by molar-refractivity contribution is 7.89. The molecule has 10 heteroatoms. The molecule has 2 aromatic rings. The first-order valence-corrected chi connectivity index (χ1v) is 14.6. The molecule has 35 heavy (non-hydrogen) atoms. The Balaban J connectivity index is 1.58. The van der Waals surface area contributed by atoms with E-state index in [9.17, 15) is 13.5 Å². The lowest BCUT2D eigenvalue weighted by molar-refractivity contribution is 0.0491. The van der Waals surface area contributed by atoms with E-state index in [0.29, 0.717) is 37.4 Å². The molecule has 2 fully saturated rings. The van der Waals surface area contributed by atoms with Gasteiger partial charge >= 0.3 is 0 Å². The highest BCUT2D eigenvalue weighted by Gasteiger charge is 2.32. The highest BCUT2D eigenvalue weighted by Crippen LogP contribution is 2.39. The summed E-state index contributed by atoms with van der Waals surface area (Å²) < 4.78 is 40.4. The molecule has 0 radical (unpaired) electrons. The lowest BCUT2D eigenvalue weighted by Gasteiger charge is -2.37. The van der Waals surface area contributed by atoms with E-state index in [0.717, 1.165) is 47.3 Å². The SMILES string of the molecule is COc1ccc(-c2sc(NC(C)(C)C3CCOCC3)nc2C)cc1S(=O)(=O)N[C@H]1CC[C@H](O)CC1. The number of hydrogen-bond acceptors (Lipinski definition) is 8. The van der Waals surface area contributed by atoms with Gasteiger partial charge in [-0.1, -0.05) is 11.3 Å². The minimum atomic E-state index is -3.80. The van der Waals surface area contributed by atoms with Crippen molar-refractivity contribution in [3.63, 3.8) is 0 Å². The fraction of sp³-hybridized carbons (Fsp3) is 0.640. The number of methoxy groups -OCH3 is 1. The number of aryl methyl sites for hydroxylation is 1. The van der Waals surface area contributed by atoms with Gasteiger partial charge in [0.25, 0.3) is 0 Å². The number of benzene rings is 1. The third kappa shape index (κ3) is 6.17. The number of nitrogens with zero attached hydrogens (tertiary/aromatic N) is 1. The topological polar surface area (TPSA) is 110 Å². The second kappa shape index (κ2) is 10.7. The number of nitrogens with one attached hydrogen (secondary N) is 2. The molecular weight excluding hydrogens is 486 g/mol. The van der Waals surface area contributed by atoms with Gasteiger partial charge in [0.2, 0.25) is 10.0 Å². The molecule has 0 amide bonds. The maximum Gasteiger partial charge on any atom is 0.244 e. The predicted octanol–water partition coefficient (Wildman–Crippen LogP) is 4.33. The highest BCUT2D eigenvalue weighted by atomic mass is 32.2. The molecule has 8 nitrogen and oxygen atoms in total. The quantitative estimate of drug-likeness (QED) is 0.473. The Hall–Kier alpha value is -1.72. The van der Waals surface area contributed by atoms with Gasteiger partial charge in [0.15, 0.2) is 5.13 Å². The van der Waals surface area contributed by atoms with Crippen LogP contribution >= 0.6 is 11.3 Å². The van der Waals surface area contributed by atoms with E-state index in [1.165, 1.54) is 18.4 Å². The molecule has 1 aliphatic heterocycles. The van der Waals surface area contributed by atoms with Crippen molar-refractivity contribution < 1.29 is 23.0 Å². The van der Waals surface area contributed by atoms with Crippen LogP contribution in [0.1, 0.15) is 58.1 Å². The molecule has 1 aromatic carbocycles. The van der Waals surface area contributed by atoms with Gasteiger partial charge in [-0.3, -0.25) is 0 Å². The van der Waals surface area contributed by atoms with Crippen LogP contribution in [-0.2, 0) is 14.8 Å². The van der Waals surface area contributed by atoms with Gasteiger partial charge in [-0.25, -0.2) is 18.1 Å². The summed E-state index contributed by atoms with van der Waals surface area (Å²) in [5, 5.41) is 14.2. The standard InChI is InChI=1S/C25H37N3O5S2/c1-16-23(34-24(26-16)27-25(2,3)18-11-13-33-14-12-18)17-5-10-21(32-4)22(15-17)35(30,31)28-19-6-8-20(29)9-7-19/h5,10,15,18-20,28-29H,6-9,11-14H2,1-4H3,(H,26,27)/t19-,20-. The summed E-state index contributed by atoms with van der Waals surface area (Å²) in [6.45, 7) is 7.93. The van der Waals surface area contributed by atoms with Crippen molar-refractivity contribution >= 4 is 26.5 Å². The van der Waals surface area contributed by atoms with Crippen molar-refractivity contribution in [2.75, 3.05) is 25.6 Å². The van der Waals surface area contributed by atoms with Crippen LogP contribution in [0, 0.1) is 12.8 Å². The van der Waals surface area contributed by atoms with Crippen LogP contribution in [0.15, 0.2) is 23.1 Å². The summed E-state index contributed by atoms with van der Waals surface area (Å²) in [7, 11) is -2.32. The molecule has 2 heterocycles. The van der Waals surface area contributed by atoms with Crippen molar-refractivity contribution in [3.05, 3.63) is 23.9 Å². The fourth-order valence-electron chi connectivity index (χ4n) is 5.02. The molecule has 1 saturated carbocycles. The molecule has 0 unspecified atom stereocenters. The van der Waals surface area contributed by atoms with Crippen LogP contribution in [0.2, 0.25) is 0 Å². The Morgan fingerprint density at radius 2 is 1.83 bits per heavy atom. The van der Waals surface area contributed by atoms with Gasteiger partial charge in [0, 0.05) is 24.8 Å². The zero-order chi connectivity index (χ0) is 25.2. The van der Waals surface area contributed by atoms with Gasteiger partial charge in [0.1, 0.15) is 10.6 Å². The number of ether oxygens (including phenoxy) is 2. The minimum absolute atomic E-state index is 0.119. The lowest BCUT2D eigenvalue weighted by atomic mass is 9.82. The van der Waals surface area contributed by atoms with Crippen molar-refractivity contribution in [2.24, 2.45) is 5.92 Å². The van der Waals surface area contributed by atoms with Crippen molar-refractivity contribution in [2.45, 2.75) is 81.9 Å². The number of aliphatic hydroxyl groups is 1. The van der Waals surface area contributed by atoms with E-state index in [2.05, 4.69) is 23.9 Å². The Morgan fingerprint density at radius 3 is 2.49 bits per heavy atom. The first kappa shape index (κ1) is 26.3. The first-order chi connectivity index (χ1) is 16.6. The molecular formula is C25H37N3O5S2. The number of sulfonamides is 1. The molecule has 2 aliphatic rings. The monoisotopic (exact) mass is 523 g/mol. The van der Waals surface area contributed by atoms with Crippen LogP contribution in [0.3, 0.4) is 0 Å². The molecule has 1 aliphatic carbocycles. The van der Waals surface area contributed by atoms with E-state index >= 15 is 0 Å². The predicted molar refractivity (Wildman–Crippen MR) is 139 cm³/mol. The normalized spacial score (nSPS) is 22.2. The van der Waals surface area contributed by atoms with E-state index in [-0.39, 0.29) is 22.6 Å². The molecule has 1 saturated heterocycles. The van der Waals surface area contributed by atoms with Crippen LogP contribution in [-0.4, -0.2) is 56.5 Å². The van der Waals surface area contributed by atoms with Gasteiger partial charge < -0.3 is 19.9 Å². The second-order valence-electron chi connectivity index (χ2n) is 10.2. The zero-order valence-electron chi connectivity index (χ0n) is 21.0. The number of hydrogen-bond donors (Lipinski definition) is 3. The second-order valence-corrected chi connectivity index (χ2v) is 12.8. The van der Waals surface area contributed by atoms with E-state index in [4.69, 9.17) is 14.5 Å². The van der Waals surface area contributed by atoms with E-state index < -0.39 is 10.0 Å². The molecule has 194 valence electrons. The van der Waals surface area contributed by atoms with Gasteiger partial charge in [-0.05, 0) is 89.0 Å². The fourth-order valence-corrected chi connectivity index (χ4v) is 7.65. The third-order valence-corrected chi connectivity index (χ3v) is 9.87. The number of aliphatic hydroxyl groups excluding tert-OH is 1. The van der Waals surface area contributed by atoms with Crippen LogP contribution in [0.25, 0.3) is 10.4 Å². The van der Waals surface area contributed by atoms with Crippen molar-refractivity contribution in [1.29, 1.82) is 0 Å². The van der Waals surface area contributed by atoms with Crippen molar-refractivity contribution in [1.82, 2.24) is 9.71 Å². The summed E-state index contributed by atoms with van der Waals surface area (Å²) in [6.07, 6.45) is 4.13. The number of anilines is 1. The zero-order valence-corrected chi connectivity index (χ0v) is 22.6. The molecule has 1 aromatic heterocycles. The Kier molecular flexibility index (Phi) is 8.07. The van der Waals surface area contributed by atoms with Gasteiger partial charge in [0.05, 0.1) is 23.8 Å². The third-order valence-electron chi connectivity index (χ3n) is 7.20. The molecule has 3 N–H and O–H groups in total. The van der Waals surface area contributed by atoms with Crippen LogP contribution < -0.4 is 14.8 Å². The lowest BCUT2D eigenvalue weighted by Crippen LogP contribution is -2.42. The maximum atomic E-state index is 13.3. The number of thiazole rings is 1. The summed E-state index contributed by atoms with van der Waals surface area (Å²) >= 11 is 1.53. The van der Waals surface area contributed by atoms with Gasteiger partial charge in [-0.15, -0.1) is 0 Å². The smallest absolute Gasteiger partial charge is 0.244 e. The Labute approximate surface area is 212 Å².